The fourth-order valence-electron chi connectivity index (χ4n) is 1.77. The van der Waals surface area contributed by atoms with Gasteiger partial charge in [0.15, 0.2) is 0 Å². The molecular formula is C15H17N3O3S. The maximum Gasteiger partial charge on any atom is 0.240 e. The number of rotatable bonds is 7. The number of aromatic nitrogens is 1. The van der Waals surface area contributed by atoms with Gasteiger partial charge in [0.2, 0.25) is 15.9 Å². The van der Waals surface area contributed by atoms with Gasteiger partial charge in [0.05, 0.1) is 4.90 Å². The summed E-state index contributed by atoms with van der Waals surface area (Å²) in [7, 11) is -3.56. The molecule has 0 atom stereocenters. The second-order valence-electron chi connectivity index (χ2n) is 4.60. The summed E-state index contributed by atoms with van der Waals surface area (Å²) in [6.07, 6.45) is 3.40. The number of pyridine rings is 1. The summed E-state index contributed by atoms with van der Waals surface area (Å²) >= 11 is 0. The molecule has 0 fully saturated rings. The van der Waals surface area contributed by atoms with Crippen molar-refractivity contribution < 1.29 is 13.2 Å². The fraction of sp³-hybridized carbons (Fsp3) is 0.200. The molecule has 22 heavy (non-hydrogen) atoms. The van der Waals surface area contributed by atoms with Crippen LogP contribution in [0.2, 0.25) is 0 Å². The molecule has 1 aromatic carbocycles. The van der Waals surface area contributed by atoms with E-state index < -0.39 is 10.0 Å². The first-order chi connectivity index (χ1) is 10.6. The molecule has 0 saturated carbocycles. The van der Waals surface area contributed by atoms with Crippen molar-refractivity contribution in [3.8, 4) is 0 Å². The summed E-state index contributed by atoms with van der Waals surface area (Å²) in [4.78, 5) is 15.8. The summed E-state index contributed by atoms with van der Waals surface area (Å²) in [5.41, 5.74) is 0.890. The van der Waals surface area contributed by atoms with Gasteiger partial charge in [-0.3, -0.25) is 9.78 Å². The van der Waals surface area contributed by atoms with Crippen molar-refractivity contribution in [3.63, 3.8) is 0 Å². The van der Waals surface area contributed by atoms with E-state index in [1.165, 1.54) is 12.1 Å². The zero-order valence-electron chi connectivity index (χ0n) is 11.9. The Morgan fingerprint density at radius 3 is 2.55 bits per heavy atom. The Bertz CT molecular complexity index is 703. The third-order valence-electron chi connectivity index (χ3n) is 2.91. The SMILES string of the molecule is O=C(CCNS(=O)(=O)c1ccccc1)NCc1cccnc1. The van der Waals surface area contributed by atoms with E-state index in [0.29, 0.717) is 6.54 Å². The van der Waals surface area contributed by atoms with Crippen molar-refractivity contribution >= 4 is 15.9 Å². The van der Waals surface area contributed by atoms with E-state index in [-0.39, 0.29) is 23.8 Å². The molecule has 0 aliphatic heterocycles. The average Bonchev–Trinajstić information content (AvgIpc) is 2.54. The number of sulfonamides is 1. The van der Waals surface area contributed by atoms with E-state index in [4.69, 9.17) is 0 Å². The predicted molar refractivity (Wildman–Crippen MR) is 82.3 cm³/mol. The molecule has 0 radical (unpaired) electrons. The Balaban J connectivity index is 1.75. The van der Waals surface area contributed by atoms with Gasteiger partial charge in [0.25, 0.3) is 0 Å². The van der Waals surface area contributed by atoms with Crippen molar-refractivity contribution in [2.45, 2.75) is 17.9 Å². The number of carbonyl (C=O) groups is 1. The fourth-order valence-corrected chi connectivity index (χ4v) is 2.83. The van der Waals surface area contributed by atoms with Crippen LogP contribution in [0.5, 0.6) is 0 Å². The third-order valence-corrected chi connectivity index (χ3v) is 4.39. The van der Waals surface area contributed by atoms with Crippen LogP contribution in [-0.4, -0.2) is 25.9 Å². The summed E-state index contributed by atoms with van der Waals surface area (Å²) in [5.74, 6) is -0.223. The number of carbonyl (C=O) groups excluding carboxylic acids is 1. The molecule has 0 saturated heterocycles. The van der Waals surface area contributed by atoms with Gasteiger partial charge in [-0.25, -0.2) is 13.1 Å². The molecule has 2 aromatic rings. The molecule has 0 spiro atoms. The van der Waals surface area contributed by atoms with Crippen LogP contribution in [0.1, 0.15) is 12.0 Å². The van der Waals surface area contributed by atoms with E-state index in [0.717, 1.165) is 5.56 Å². The minimum absolute atomic E-state index is 0.0517. The molecule has 1 amide bonds. The summed E-state index contributed by atoms with van der Waals surface area (Å²) in [5, 5.41) is 2.71. The van der Waals surface area contributed by atoms with Crippen LogP contribution in [0.25, 0.3) is 0 Å². The highest BCUT2D eigenvalue weighted by molar-refractivity contribution is 7.89. The predicted octanol–water partition coefficient (Wildman–Crippen LogP) is 1.07. The highest BCUT2D eigenvalue weighted by Gasteiger charge is 2.13. The first kappa shape index (κ1) is 16.1. The number of nitrogens with zero attached hydrogens (tertiary/aromatic N) is 1. The molecule has 0 aliphatic carbocycles. The Labute approximate surface area is 129 Å². The van der Waals surface area contributed by atoms with E-state index in [9.17, 15) is 13.2 Å². The minimum Gasteiger partial charge on any atom is -0.352 e. The number of nitrogens with one attached hydrogen (secondary N) is 2. The zero-order chi connectivity index (χ0) is 15.8. The monoisotopic (exact) mass is 319 g/mol. The Morgan fingerprint density at radius 2 is 1.86 bits per heavy atom. The Hall–Kier alpha value is -2.25. The van der Waals surface area contributed by atoms with Gasteiger partial charge in [-0.15, -0.1) is 0 Å². The van der Waals surface area contributed by atoms with Gasteiger partial charge in [-0.2, -0.15) is 0 Å². The van der Waals surface area contributed by atoms with Crippen molar-refractivity contribution in [2.75, 3.05) is 6.54 Å². The van der Waals surface area contributed by atoms with Crippen LogP contribution in [-0.2, 0) is 21.4 Å². The second-order valence-corrected chi connectivity index (χ2v) is 6.37. The molecular weight excluding hydrogens is 302 g/mol. The second kappa shape index (κ2) is 7.67. The van der Waals surface area contributed by atoms with Crippen molar-refractivity contribution in [2.24, 2.45) is 0 Å². The quantitative estimate of drug-likeness (QED) is 0.799. The minimum atomic E-state index is -3.56. The van der Waals surface area contributed by atoms with Crippen LogP contribution >= 0.6 is 0 Å². The van der Waals surface area contributed by atoms with E-state index in [1.807, 2.05) is 6.07 Å². The molecule has 7 heteroatoms. The topological polar surface area (TPSA) is 88.2 Å². The van der Waals surface area contributed by atoms with Gasteiger partial charge in [-0.1, -0.05) is 24.3 Å². The van der Waals surface area contributed by atoms with Gasteiger partial charge in [-0.05, 0) is 23.8 Å². The van der Waals surface area contributed by atoms with Gasteiger partial charge in [0.1, 0.15) is 0 Å². The summed E-state index contributed by atoms with van der Waals surface area (Å²) in [6, 6.07) is 11.7. The van der Waals surface area contributed by atoms with Gasteiger partial charge in [0, 0.05) is 31.9 Å². The highest BCUT2D eigenvalue weighted by Crippen LogP contribution is 2.06. The van der Waals surface area contributed by atoms with Crippen LogP contribution < -0.4 is 10.0 Å². The number of amides is 1. The molecule has 2 rings (SSSR count). The Morgan fingerprint density at radius 1 is 1.09 bits per heavy atom. The number of benzene rings is 1. The zero-order valence-corrected chi connectivity index (χ0v) is 12.7. The maximum absolute atomic E-state index is 11.9. The lowest BCUT2D eigenvalue weighted by Crippen LogP contribution is -2.30. The van der Waals surface area contributed by atoms with Crippen molar-refractivity contribution in [1.29, 1.82) is 0 Å². The lowest BCUT2D eigenvalue weighted by molar-refractivity contribution is -0.121. The first-order valence-corrected chi connectivity index (χ1v) is 8.26. The molecule has 6 nitrogen and oxygen atoms in total. The lowest BCUT2D eigenvalue weighted by Gasteiger charge is -2.07. The van der Waals surface area contributed by atoms with E-state index in [1.54, 1.807) is 36.7 Å². The normalized spacial score (nSPS) is 11.1. The van der Waals surface area contributed by atoms with Crippen molar-refractivity contribution in [3.05, 3.63) is 60.4 Å². The standard InChI is InChI=1S/C15H17N3O3S/c19-15(17-12-13-5-4-9-16-11-13)8-10-18-22(20,21)14-6-2-1-3-7-14/h1-7,9,11,18H,8,10,12H2,(H,17,19). The maximum atomic E-state index is 11.9. The molecule has 0 bridgehead atoms. The largest absolute Gasteiger partial charge is 0.352 e. The van der Waals surface area contributed by atoms with E-state index in [2.05, 4.69) is 15.0 Å². The third kappa shape index (κ3) is 4.94. The number of hydrogen-bond donors (Lipinski definition) is 2. The highest BCUT2D eigenvalue weighted by atomic mass is 32.2. The average molecular weight is 319 g/mol. The van der Waals surface area contributed by atoms with Crippen LogP contribution in [0, 0.1) is 0 Å². The van der Waals surface area contributed by atoms with Crippen LogP contribution in [0.3, 0.4) is 0 Å². The molecule has 1 aromatic heterocycles. The smallest absolute Gasteiger partial charge is 0.240 e. The van der Waals surface area contributed by atoms with Gasteiger partial charge >= 0.3 is 0 Å². The lowest BCUT2D eigenvalue weighted by atomic mass is 10.3. The molecule has 0 unspecified atom stereocenters. The number of hydrogen-bond acceptors (Lipinski definition) is 4. The summed E-state index contributed by atoms with van der Waals surface area (Å²) < 4.78 is 26.3. The Kier molecular flexibility index (Phi) is 5.62. The van der Waals surface area contributed by atoms with Crippen LogP contribution in [0.15, 0.2) is 59.8 Å². The van der Waals surface area contributed by atoms with Gasteiger partial charge < -0.3 is 5.32 Å². The molecule has 1 heterocycles. The summed E-state index contributed by atoms with van der Waals surface area (Å²) in [6.45, 7) is 0.425. The first-order valence-electron chi connectivity index (χ1n) is 6.78. The van der Waals surface area contributed by atoms with Crippen LogP contribution in [0.4, 0.5) is 0 Å². The molecule has 0 aliphatic rings. The van der Waals surface area contributed by atoms with E-state index >= 15 is 0 Å². The van der Waals surface area contributed by atoms with Crippen molar-refractivity contribution in [1.82, 2.24) is 15.0 Å². The molecule has 2 N–H and O–H groups in total. The molecule has 116 valence electrons.